The molecule has 2 aromatic carbocycles. The molecular weight excluding hydrogens is 342 g/mol. The lowest BCUT2D eigenvalue weighted by molar-refractivity contribution is 0.0877. The summed E-state index contributed by atoms with van der Waals surface area (Å²) in [6.07, 6.45) is -0.103. The van der Waals surface area contributed by atoms with Gasteiger partial charge in [-0.15, -0.1) is 10.2 Å². The van der Waals surface area contributed by atoms with Crippen molar-refractivity contribution in [2.24, 2.45) is 18.6 Å². The van der Waals surface area contributed by atoms with Crippen LogP contribution in [0.5, 0.6) is 0 Å². The van der Waals surface area contributed by atoms with Gasteiger partial charge in [-0.05, 0) is 22.8 Å². The first kappa shape index (κ1) is 19.1. The zero-order valence-corrected chi connectivity index (χ0v) is 15.3. The van der Waals surface area contributed by atoms with Crippen molar-refractivity contribution in [1.29, 1.82) is 0 Å². The van der Waals surface area contributed by atoms with Gasteiger partial charge in [-0.1, -0.05) is 54.6 Å². The third-order valence-corrected chi connectivity index (χ3v) is 4.34. The Kier molecular flexibility index (Phi) is 6.25. The lowest BCUT2D eigenvalue weighted by atomic mass is 10.0. The van der Waals surface area contributed by atoms with E-state index in [2.05, 4.69) is 15.4 Å². The number of rotatable bonds is 8. The summed E-state index contributed by atoms with van der Waals surface area (Å²) in [5.41, 5.74) is 9.13. The summed E-state index contributed by atoms with van der Waals surface area (Å²) in [6.45, 7) is 0.796. The van der Waals surface area contributed by atoms with Gasteiger partial charge in [0.1, 0.15) is 0 Å². The zero-order valence-electron chi connectivity index (χ0n) is 15.3. The molecule has 0 spiro atoms. The van der Waals surface area contributed by atoms with E-state index in [0.717, 1.165) is 16.7 Å². The van der Waals surface area contributed by atoms with Crippen LogP contribution < -0.4 is 11.6 Å². The number of aryl methyl sites for hydroxylation is 1. The van der Waals surface area contributed by atoms with Gasteiger partial charge in [0.05, 0.1) is 13.2 Å². The van der Waals surface area contributed by atoms with Crippen LogP contribution in [0.1, 0.15) is 11.1 Å². The Labute approximate surface area is 158 Å². The largest absolute Gasteiger partial charge is 0.390 e. The fourth-order valence-electron chi connectivity index (χ4n) is 2.86. The van der Waals surface area contributed by atoms with Crippen molar-refractivity contribution in [3.63, 3.8) is 0 Å². The zero-order chi connectivity index (χ0) is 19.2. The summed E-state index contributed by atoms with van der Waals surface area (Å²) >= 11 is 0. The van der Waals surface area contributed by atoms with Gasteiger partial charge in [0.25, 0.3) is 0 Å². The minimum Gasteiger partial charge on any atom is -0.390 e. The van der Waals surface area contributed by atoms with Crippen LogP contribution >= 0.6 is 0 Å². The quantitative estimate of drug-likeness (QED) is 0.391. The normalized spacial score (nSPS) is 13.7. The molecule has 5 N–H and O–H groups in total. The van der Waals surface area contributed by atoms with Gasteiger partial charge in [-0.2, -0.15) is 4.80 Å². The van der Waals surface area contributed by atoms with Gasteiger partial charge in [-0.25, -0.2) is 5.01 Å². The highest BCUT2D eigenvalue weighted by Crippen LogP contribution is 2.15. The molecule has 8 heteroatoms. The van der Waals surface area contributed by atoms with Crippen molar-refractivity contribution < 1.29 is 5.11 Å². The van der Waals surface area contributed by atoms with Crippen molar-refractivity contribution in [3.8, 4) is 11.4 Å². The Hall–Kier alpha value is -2.65. The van der Waals surface area contributed by atoms with Gasteiger partial charge in [-0.3, -0.25) is 5.84 Å². The third kappa shape index (κ3) is 5.41. The predicted molar refractivity (Wildman–Crippen MR) is 103 cm³/mol. The maximum absolute atomic E-state index is 10.4. The van der Waals surface area contributed by atoms with Crippen LogP contribution in [0.25, 0.3) is 11.4 Å². The second kappa shape index (κ2) is 8.83. The Balaban J connectivity index is 1.51. The topological polar surface area (TPSA) is 119 Å². The fourth-order valence-corrected chi connectivity index (χ4v) is 2.86. The number of nitrogens with two attached hydrogens (primary N) is 2. The Morgan fingerprint density at radius 1 is 1.07 bits per heavy atom. The van der Waals surface area contributed by atoms with Crippen molar-refractivity contribution in [3.05, 3.63) is 65.7 Å². The van der Waals surface area contributed by atoms with Crippen LogP contribution in [0.3, 0.4) is 0 Å². The van der Waals surface area contributed by atoms with E-state index in [0.29, 0.717) is 25.3 Å². The minimum absolute atomic E-state index is 0.293. The highest BCUT2D eigenvalue weighted by molar-refractivity contribution is 5.54. The van der Waals surface area contributed by atoms with Crippen molar-refractivity contribution >= 4 is 0 Å². The first-order valence-electron chi connectivity index (χ1n) is 8.82. The highest BCUT2D eigenvalue weighted by atomic mass is 16.3. The molecule has 142 valence electrons. The van der Waals surface area contributed by atoms with Gasteiger partial charge in [0, 0.05) is 24.7 Å². The molecule has 3 aromatic rings. The van der Waals surface area contributed by atoms with Gasteiger partial charge < -0.3 is 10.8 Å². The molecular formula is C19H25N7O. The average Bonchev–Trinajstić information content (AvgIpc) is 3.09. The van der Waals surface area contributed by atoms with E-state index in [1.165, 1.54) is 4.80 Å². The number of aromatic nitrogens is 4. The van der Waals surface area contributed by atoms with E-state index in [1.807, 2.05) is 54.6 Å². The number of hydrogen-bond donors (Lipinski definition) is 3. The molecule has 1 aromatic heterocycles. The van der Waals surface area contributed by atoms with Gasteiger partial charge in [0.2, 0.25) is 5.82 Å². The Bertz CT molecular complexity index is 835. The Morgan fingerprint density at radius 2 is 1.78 bits per heavy atom. The maximum atomic E-state index is 10.4. The van der Waals surface area contributed by atoms with Gasteiger partial charge in [0.15, 0.2) is 0 Å². The summed E-state index contributed by atoms with van der Waals surface area (Å²) in [7, 11) is 1.73. The van der Waals surface area contributed by atoms with Crippen LogP contribution in [0.2, 0.25) is 0 Å². The number of nitrogens with zero attached hydrogens (tertiary/aromatic N) is 5. The molecule has 0 saturated heterocycles. The molecule has 0 unspecified atom stereocenters. The smallest absolute Gasteiger partial charge is 0.204 e. The summed E-state index contributed by atoms with van der Waals surface area (Å²) < 4.78 is 0. The van der Waals surface area contributed by atoms with E-state index in [9.17, 15) is 5.11 Å². The first-order valence-corrected chi connectivity index (χ1v) is 8.82. The molecule has 1 heterocycles. The SMILES string of the molecule is Cn1nnc(-c2ccc(CN(N)C[C@H](O)[C@@H](N)Cc3ccccc3)cc2)n1. The summed E-state index contributed by atoms with van der Waals surface area (Å²) in [5, 5.41) is 23.9. The number of hydrazine groups is 1. The molecule has 2 atom stereocenters. The molecule has 0 radical (unpaired) electrons. The van der Waals surface area contributed by atoms with Crippen molar-refractivity contribution in [2.45, 2.75) is 25.1 Å². The van der Waals surface area contributed by atoms with Crippen molar-refractivity contribution in [1.82, 2.24) is 25.2 Å². The monoisotopic (exact) mass is 367 g/mol. The number of aliphatic hydroxyl groups excluding tert-OH is 1. The molecule has 0 aliphatic rings. The maximum Gasteiger partial charge on any atom is 0.204 e. The van der Waals surface area contributed by atoms with E-state index in [4.69, 9.17) is 11.6 Å². The van der Waals surface area contributed by atoms with Crippen LogP contribution in [-0.2, 0) is 20.0 Å². The van der Waals surface area contributed by atoms with E-state index >= 15 is 0 Å². The summed E-state index contributed by atoms with van der Waals surface area (Å²) in [6, 6.07) is 17.3. The van der Waals surface area contributed by atoms with Crippen LogP contribution in [0.15, 0.2) is 54.6 Å². The number of hydrogen-bond acceptors (Lipinski definition) is 7. The molecule has 3 rings (SSSR count). The second-order valence-electron chi connectivity index (χ2n) is 6.65. The molecule has 0 aliphatic carbocycles. The van der Waals surface area contributed by atoms with Crippen LogP contribution in [0.4, 0.5) is 0 Å². The van der Waals surface area contributed by atoms with Crippen LogP contribution in [-0.4, -0.2) is 49.0 Å². The average molecular weight is 367 g/mol. The molecule has 0 amide bonds. The number of benzene rings is 2. The molecule has 27 heavy (non-hydrogen) atoms. The van der Waals surface area contributed by atoms with E-state index in [-0.39, 0.29) is 6.04 Å². The van der Waals surface area contributed by atoms with Crippen molar-refractivity contribution in [2.75, 3.05) is 6.54 Å². The second-order valence-corrected chi connectivity index (χ2v) is 6.65. The van der Waals surface area contributed by atoms with E-state index < -0.39 is 6.10 Å². The lowest BCUT2D eigenvalue weighted by Crippen LogP contribution is -2.46. The fraction of sp³-hybridized carbons (Fsp3) is 0.316. The molecule has 0 fully saturated rings. The molecule has 8 nitrogen and oxygen atoms in total. The Morgan fingerprint density at radius 3 is 2.41 bits per heavy atom. The number of tetrazole rings is 1. The summed E-state index contributed by atoms with van der Waals surface area (Å²) in [4.78, 5) is 1.42. The standard InChI is InChI=1S/C19H25N7O/c1-25-23-19(22-24-25)16-9-7-15(8-10-16)12-26(21)13-18(27)17(20)11-14-5-3-2-4-6-14/h2-10,17-18,27H,11-13,20-21H2,1H3/t17-,18-/m0/s1. The highest BCUT2D eigenvalue weighted by Gasteiger charge is 2.18. The molecule has 0 aliphatic heterocycles. The lowest BCUT2D eigenvalue weighted by Gasteiger charge is -2.24. The molecule has 0 saturated carbocycles. The summed E-state index contributed by atoms with van der Waals surface area (Å²) in [5.74, 6) is 6.65. The van der Waals surface area contributed by atoms with Gasteiger partial charge >= 0.3 is 0 Å². The third-order valence-electron chi connectivity index (χ3n) is 4.34. The predicted octanol–water partition coefficient (Wildman–Crippen LogP) is 0.484. The van der Waals surface area contributed by atoms with E-state index in [1.54, 1.807) is 12.1 Å². The molecule has 0 bridgehead atoms. The minimum atomic E-state index is -0.710. The van der Waals surface area contributed by atoms with Crippen LogP contribution in [0, 0.1) is 0 Å². The number of aliphatic hydroxyl groups is 1. The first-order chi connectivity index (χ1) is 13.0.